The van der Waals surface area contributed by atoms with Crippen molar-refractivity contribution in [2.45, 2.75) is 38.1 Å². The molecule has 5 rings (SSSR count). The lowest BCUT2D eigenvalue weighted by molar-refractivity contribution is -0.117. The van der Waals surface area contributed by atoms with Crippen molar-refractivity contribution in [3.05, 3.63) is 35.9 Å². The van der Waals surface area contributed by atoms with Crippen molar-refractivity contribution in [1.82, 2.24) is 15.0 Å². The third-order valence-corrected chi connectivity index (χ3v) is 5.63. The van der Waals surface area contributed by atoms with Crippen LogP contribution >= 0.6 is 0 Å². The van der Waals surface area contributed by atoms with Gasteiger partial charge < -0.3 is 14.7 Å². The summed E-state index contributed by atoms with van der Waals surface area (Å²) in [6, 6.07) is 6.07. The van der Waals surface area contributed by atoms with Crippen molar-refractivity contribution >= 4 is 17.4 Å². The molecule has 0 atom stereocenters. The third-order valence-electron chi connectivity index (χ3n) is 5.63. The van der Waals surface area contributed by atoms with Gasteiger partial charge in [-0.3, -0.25) is 9.69 Å². The number of anilines is 2. The van der Waals surface area contributed by atoms with E-state index in [2.05, 4.69) is 31.3 Å². The molecular formula is C20H25N5O2. The number of carbonyl (C=O) groups is 1. The van der Waals surface area contributed by atoms with Crippen LogP contribution < -0.4 is 10.2 Å². The first-order valence-electron chi connectivity index (χ1n) is 9.94. The Morgan fingerprint density at radius 3 is 2.63 bits per heavy atom. The Hall–Kier alpha value is -2.41. The van der Waals surface area contributed by atoms with Gasteiger partial charge in [0, 0.05) is 50.6 Å². The average molecular weight is 367 g/mol. The molecule has 1 amide bonds. The number of aromatic nitrogens is 2. The van der Waals surface area contributed by atoms with E-state index in [4.69, 9.17) is 4.52 Å². The number of nitrogens with zero attached hydrogens (tertiary/aromatic N) is 4. The number of nitrogens with one attached hydrogen (secondary N) is 1. The molecule has 0 spiro atoms. The van der Waals surface area contributed by atoms with E-state index in [9.17, 15) is 4.79 Å². The van der Waals surface area contributed by atoms with Crippen LogP contribution in [0.4, 0.5) is 11.5 Å². The quantitative estimate of drug-likeness (QED) is 0.846. The lowest BCUT2D eigenvalue weighted by Crippen LogP contribution is -2.46. The fourth-order valence-electron chi connectivity index (χ4n) is 3.58. The van der Waals surface area contributed by atoms with Gasteiger partial charge in [-0.1, -0.05) is 5.16 Å². The van der Waals surface area contributed by atoms with Gasteiger partial charge in [0.1, 0.15) is 11.6 Å². The van der Waals surface area contributed by atoms with E-state index in [1.165, 1.54) is 12.8 Å². The highest BCUT2D eigenvalue weighted by molar-refractivity contribution is 5.93. The lowest BCUT2D eigenvalue weighted by atomic mass is 10.2. The van der Waals surface area contributed by atoms with E-state index >= 15 is 0 Å². The van der Waals surface area contributed by atoms with Crippen LogP contribution in [-0.4, -0.2) is 47.1 Å². The van der Waals surface area contributed by atoms with Crippen LogP contribution in [0, 0.1) is 5.92 Å². The van der Waals surface area contributed by atoms with Crippen LogP contribution in [-0.2, 0) is 11.3 Å². The third kappa shape index (κ3) is 3.98. The minimum Gasteiger partial charge on any atom is -0.368 e. The lowest BCUT2D eigenvalue weighted by Gasteiger charge is -2.35. The zero-order valence-corrected chi connectivity index (χ0v) is 15.4. The number of hydrogen-bond donors (Lipinski definition) is 1. The number of amides is 1. The first kappa shape index (κ1) is 16.7. The Morgan fingerprint density at radius 2 is 1.96 bits per heavy atom. The monoisotopic (exact) mass is 367 g/mol. The van der Waals surface area contributed by atoms with Gasteiger partial charge in [-0.25, -0.2) is 4.98 Å². The number of rotatable bonds is 6. The second-order valence-corrected chi connectivity index (χ2v) is 7.92. The van der Waals surface area contributed by atoms with Crippen molar-refractivity contribution in [2.24, 2.45) is 5.92 Å². The molecule has 7 nitrogen and oxygen atoms in total. The molecule has 27 heavy (non-hydrogen) atoms. The zero-order valence-electron chi connectivity index (χ0n) is 15.4. The molecule has 3 fully saturated rings. The van der Waals surface area contributed by atoms with Crippen LogP contribution in [0.2, 0.25) is 0 Å². The molecule has 3 heterocycles. The SMILES string of the molecule is O=C(Nc1ccc(N2CCN(Cc3cc(C4CC4)on3)CC2)cn1)C1CC1. The van der Waals surface area contributed by atoms with Crippen molar-refractivity contribution < 1.29 is 9.32 Å². The van der Waals surface area contributed by atoms with Crippen molar-refractivity contribution in [2.75, 3.05) is 36.4 Å². The van der Waals surface area contributed by atoms with E-state index in [1.807, 2.05) is 18.3 Å². The topological polar surface area (TPSA) is 74.5 Å². The number of piperazine rings is 1. The van der Waals surface area contributed by atoms with Crippen LogP contribution in [0.15, 0.2) is 28.9 Å². The highest BCUT2D eigenvalue weighted by Gasteiger charge is 2.30. The molecule has 0 unspecified atom stereocenters. The summed E-state index contributed by atoms with van der Waals surface area (Å²) in [7, 11) is 0. The Balaban J connectivity index is 1.12. The van der Waals surface area contributed by atoms with E-state index < -0.39 is 0 Å². The fraction of sp³-hybridized carbons (Fsp3) is 0.550. The van der Waals surface area contributed by atoms with E-state index in [0.717, 1.165) is 62.7 Å². The van der Waals surface area contributed by atoms with Gasteiger partial charge in [0.05, 0.1) is 17.6 Å². The molecule has 0 bridgehead atoms. The molecular weight excluding hydrogens is 342 g/mol. The van der Waals surface area contributed by atoms with Gasteiger partial charge in [0.25, 0.3) is 0 Å². The second kappa shape index (κ2) is 6.96. The van der Waals surface area contributed by atoms with Crippen molar-refractivity contribution in [3.8, 4) is 0 Å². The number of pyridine rings is 1. The summed E-state index contributed by atoms with van der Waals surface area (Å²) in [6.45, 7) is 4.76. The van der Waals surface area contributed by atoms with Crippen molar-refractivity contribution in [1.29, 1.82) is 0 Å². The largest absolute Gasteiger partial charge is 0.368 e. The summed E-state index contributed by atoms with van der Waals surface area (Å²) in [6.07, 6.45) is 6.35. The summed E-state index contributed by atoms with van der Waals surface area (Å²) in [5, 5.41) is 7.11. The van der Waals surface area contributed by atoms with E-state index in [-0.39, 0.29) is 11.8 Å². The molecule has 7 heteroatoms. The Bertz CT molecular complexity index is 802. The summed E-state index contributed by atoms with van der Waals surface area (Å²) in [5.41, 5.74) is 2.15. The molecule has 1 saturated heterocycles. The predicted octanol–water partition coefficient (Wildman–Crippen LogP) is 2.62. The molecule has 2 aromatic heterocycles. The minimum atomic E-state index is 0.0987. The highest BCUT2D eigenvalue weighted by Crippen LogP contribution is 2.40. The normalized spacial score (nSPS) is 20.7. The highest BCUT2D eigenvalue weighted by atomic mass is 16.5. The summed E-state index contributed by atoms with van der Waals surface area (Å²) >= 11 is 0. The molecule has 1 N–H and O–H groups in total. The standard InChI is InChI=1S/C20H25N5O2/c26-20(15-3-4-15)22-19-6-5-17(12-21-19)25-9-7-24(8-10-25)13-16-11-18(27-23-16)14-1-2-14/h5-6,11-12,14-15H,1-4,7-10,13H2,(H,21,22,26). The molecule has 2 saturated carbocycles. The van der Waals surface area contributed by atoms with Gasteiger partial charge in [0.15, 0.2) is 0 Å². The van der Waals surface area contributed by atoms with Gasteiger partial charge in [-0.05, 0) is 37.8 Å². The van der Waals surface area contributed by atoms with Crippen molar-refractivity contribution in [3.63, 3.8) is 0 Å². The zero-order chi connectivity index (χ0) is 18.2. The molecule has 0 radical (unpaired) electrons. The second-order valence-electron chi connectivity index (χ2n) is 7.92. The van der Waals surface area contributed by atoms with Crippen LogP contribution in [0.5, 0.6) is 0 Å². The number of carbonyl (C=O) groups excluding carboxylic acids is 1. The maximum Gasteiger partial charge on any atom is 0.228 e. The average Bonchev–Trinajstić information content (AvgIpc) is 3.61. The first-order chi connectivity index (χ1) is 13.2. The molecule has 0 aromatic carbocycles. The molecule has 3 aliphatic rings. The summed E-state index contributed by atoms with van der Waals surface area (Å²) in [5.74, 6) is 2.62. The van der Waals surface area contributed by atoms with E-state index in [1.54, 1.807) is 0 Å². The minimum absolute atomic E-state index is 0.0987. The summed E-state index contributed by atoms with van der Waals surface area (Å²) < 4.78 is 5.45. The van der Waals surface area contributed by atoms with Gasteiger partial charge >= 0.3 is 0 Å². The van der Waals surface area contributed by atoms with Crippen LogP contribution in [0.25, 0.3) is 0 Å². The Kier molecular flexibility index (Phi) is 4.32. The van der Waals surface area contributed by atoms with Gasteiger partial charge in [0.2, 0.25) is 5.91 Å². The Labute approximate surface area is 158 Å². The van der Waals surface area contributed by atoms with Crippen LogP contribution in [0.3, 0.4) is 0 Å². The van der Waals surface area contributed by atoms with Gasteiger partial charge in [-0.2, -0.15) is 0 Å². The molecule has 1 aliphatic heterocycles. The maximum atomic E-state index is 11.8. The van der Waals surface area contributed by atoms with Gasteiger partial charge in [-0.15, -0.1) is 0 Å². The molecule has 142 valence electrons. The van der Waals surface area contributed by atoms with Crippen LogP contribution in [0.1, 0.15) is 43.1 Å². The molecule has 2 aliphatic carbocycles. The Morgan fingerprint density at radius 1 is 1.15 bits per heavy atom. The number of hydrogen-bond acceptors (Lipinski definition) is 6. The fourth-order valence-corrected chi connectivity index (χ4v) is 3.58. The summed E-state index contributed by atoms with van der Waals surface area (Å²) in [4.78, 5) is 21.0. The predicted molar refractivity (Wildman–Crippen MR) is 102 cm³/mol. The maximum absolute atomic E-state index is 11.8. The van der Waals surface area contributed by atoms with E-state index in [0.29, 0.717) is 11.7 Å². The smallest absolute Gasteiger partial charge is 0.228 e. The first-order valence-corrected chi connectivity index (χ1v) is 9.94. The molecule has 2 aromatic rings.